The molecule has 1 aromatic heterocycles. The third-order valence-corrected chi connectivity index (χ3v) is 3.73. The van der Waals surface area contributed by atoms with Gasteiger partial charge in [0.2, 0.25) is 0 Å². The maximum absolute atomic E-state index is 12.2. The monoisotopic (exact) mass is 235 g/mol. The average molecular weight is 235 g/mol. The first-order chi connectivity index (χ1) is 8.21. The summed E-state index contributed by atoms with van der Waals surface area (Å²) >= 11 is 0. The Morgan fingerprint density at radius 1 is 1.53 bits per heavy atom. The fourth-order valence-electron chi connectivity index (χ4n) is 2.63. The van der Waals surface area contributed by atoms with Gasteiger partial charge in [0.25, 0.3) is 5.91 Å². The minimum absolute atomic E-state index is 0.00389. The molecule has 1 saturated carbocycles. The second-order valence-corrected chi connectivity index (χ2v) is 4.83. The van der Waals surface area contributed by atoms with Gasteiger partial charge in [-0.05, 0) is 31.9 Å². The van der Waals surface area contributed by atoms with E-state index in [0.717, 1.165) is 37.9 Å². The molecule has 0 bridgehead atoms. The molecule has 1 heterocycles. The van der Waals surface area contributed by atoms with Crippen LogP contribution in [0.3, 0.4) is 0 Å². The molecule has 0 aliphatic heterocycles. The molecule has 1 fully saturated rings. The number of carbonyl (C=O) groups is 1. The van der Waals surface area contributed by atoms with Crippen LogP contribution in [0.5, 0.6) is 0 Å². The average Bonchev–Trinajstić information content (AvgIpc) is 2.97. The van der Waals surface area contributed by atoms with E-state index in [-0.39, 0.29) is 11.4 Å². The molecular weight excluding hydrogens is 214 g/mol. The molecule has 1 amide bonds. The molecule has 17 heavy (non-hydrogen) atoms. The number of hydrogen-bond donors (Lipinski definition) is 2. The standard InChI is InChI=1S/C13H21N3O/c1-2-16-9-5-6-11(16)12(17)15-13(10-14)7-3-4-8-13/h5-6,9H,2-4,7-8,10,14H2,1H3,(H,15,17). The van der Waals surface area contributed by atoms with Gasteiger partial charge < -0.3 is 15.6 Å². The van der Waals surface area contributed by atoms with E-state index in [9.17, 15) is 4.79 Å². The third kappa shape index (κ3) is 2.36. The molecule has 0 atom stereocenters. The van der Waals surface area contributed by atoms with Crippen molar-refractivity contribution in [3.05, 3.63) is 24.0 Å². The molecule has 1 aromatic rings. The molecule has 0 aromatic carbocycles. The summed E-state index contributed by atoms with van der Waals surface area (Å²) in [7, 11) is 0. The van der Waals surface area contributed by atoms with Gasteiger partial charge in [0.05, 0.1) is 5.54 Å². The third-order valence-electron chi connectivity index (χ3n) is 3.73. The van der Waals surface area contributed by atoms with Crippen molar-refractivity contribution < 1.29 is 4.79 Å². The molecule has 0 spiro atoms. The van der Waals surface area contributed by atoms with Crippen LogP contribution in [0.4, 0.5) is 0 Å². The van der Waals surface area contributed by atoms with E-state index in [1.165, 1.54) is 0 Å². The Morgan fingerprint density at radius 2 is 2.24 bits per heavy atom. The molecule has 2 rings (SSSR count). The van der Waals surface area contributed by atoms with Gasteiger partial charge in [-0.2, -0.15) is 0 Å². The summed E-state index contributed by atoms with van der Waals surface area (Å²) in [5, 5.41) is 3.13. The molecule has 1 aliphatic rings. The lowest BCUT2D eigenvalue weighted by Gasteiger charge is -2.28. The van der Waals surface area contributed by atoms with Gasteiger partial charge in [0, 0.05) is 19.3 Å². The van der Waals surface area contributed by atoms with Crippen LogP contribution in [-0.2, 0) is 6.54 Å². The minimum Gasteiger partial charge on any atom is -0.344 e. The highest BCUT2D eigenvalue weighted by molar-refractivity contribution is 5.93. The summed E-state index contributed by atoms with van der Waals surface area (Å²) in [6.45, 7) is 3.38. The molecule has 0 unspecified atom stereocenters. The Bertz CT molecular complexity index is 391. The molecule has 3 N–H and O–H groups in total. The van der Waals surface area contributed by atoms with Crippen LogP contribution >= 0.6 is 0 Å². The number of hydrogen-bond acceptors (Lipinski definition) is 2. The Kier molecular flexibility index (Phi) is 3.52. The van der Waals surface area contributed by atoms with Crippen LogP contribution in [0.15, 0.2) is 18.3 Å². The van der Waals surface area contributed by atoms with Crippen molar-refractivity contribution in [2.75, 3.05) is 6.54 Å². The Hall–Kier alpha value is -1.29. The number of nitrogens with zero attached hydrogens (tertiary/aromatic N) is 1. The van der Waals surface area contributed by atoms with Gasteiger partial charge in [0.15, 0.2) is 0 Å². The first kappa shape index (κ1) is 12.2. The zero-order chi connectivity index (χ0) is 12.3. The SMILES string of the molecule is CCn1cccc1C(=O)NC1(CN)CCCC1. The van der Waals surface area contributed by atoms with Crippen LogP contribution in [-0.4, -0.2) is 22.6 Å². The van der Waals surface area contributed by atoms with Crippen molar-refractivity contribution >= 4 is 5.91 Å². The summed E-state index contributed by atoms with van der Waals surface area (Å²) in [5.74, 6) is 0.00389. The second-order valence-electron chi connectivity index (χ2n) is 4.83. The fourth-order valence-corrected chi connectivity index (χ4v) is 2.63. The lowest BCUT2D eigenvalue weighted by Crippen LogP contribution is -2.52. The Morgan fingerprint density at radius 3 is 2.82 bits per heavy atom. The number of nitrogens with two attached hydrogens (primary N) is 1. The van der Waals surface area contributed by atoms with Gasteiger partial charge in [-0.15, -0.1) is 0 Å². The predicted octanol–water partition coefficient (Wildman–Crippen LogP) is 1.51. The Labute approximate surface area is 102 Å². The van der Waals surface area contributed by atoms with Crippen LogP contribution < -0.4 is 11.1 Å². The quantitative estimate of drug-likeness (QED) is 0.831. The highest BCUT2D eigenvalue weighted by Crippen LogP contribution is 2.28. The number of aromatic nitrogens is 1. The second kappa shape index (κ2) is 4.92. The molecule has 1 aliphatic carbocycles. The summed E-state index contributed by atoms with van der Waals surface area (Å²) in [6.07, 6.45) is 6.25. The zero-order valence-corrected chi connectivity index (χ0v) is 10.4. The number of rotatable bonds is 4. The van der Waals surface area contributed by atoms with Crippen molar-refractivity contribution in [1.82, 2.24) is 9.88 Å². The molecule has 4 nitrogen and oxygen atoms in total. The fraction of sp³-hybridized carbons (Fsp3) is 0.615. The summed E-state index contributed by atoms with van der Waals surface area (Å²) in [5.41, 5.74) is 6.38. The molecular formula is C13H21N3O. The van der Waals surface area contributed by atoms with Crippen LogP contribution in [0.1, 0.15) is 43.1 Å². The number of nitrogens with one attached hydrogen (secondary N) is 1. The summed E-state index contributed by atoms with van der Waals surface area (Å²) < 4.78 is 1.95. The largest absolute Gasteiger partial charge is 0.344 e. The van der Waals surface area contributed by atoms with Gasteiger partial charge in [-0.1, -0.05) is 12.8 Å². The van der Waals surface area contributed by atoms with E-state index >= 15 is 0 Å². The maximum Gasteiger partial charge on any atom is 0.268 e. The van der Waals surface area contributed by atoms with Crippen LogP contribution in [0.25, 0.3) is 0 Å². The van der Waals surface area contributed by atoms with Gasteiger partial charge in [-0.25, -0.2) is 0 Å². The van der Waals surface area contributed by atoms with E-state index in [1.807, 2.05) is 29.8 Å². The van der Waals surface area contributed by atoms with Gasteiger partial charge >= 0.3 is 0 Å². The normalized spacial score (nSPS) is 18.2. The highest BCUT2D eigenvalue weighted by Gasteiger charge is 2.34. The van der Waals surface area contributed by atoms with Crippen molar-refractivity contribution in [3.63, 3.8) is 0 Å². The maximum atomic E-state index is 12.2. The van der Waals surface area contributed by atoms with Crippen molar-refractivity contribution in [2.45, 2.75) is 44.7 Å². The van der Waals surface area contributed by atoms with Crippen molar-refractivity contribution in [2.24, 2.45) is 5.73 Å². The zero-order valence-electron chi connectivity index (χ0n) is 10.4. The Balaban J connectivity index is 2.11. The summed E-state index contributed by atoms with van der Waals surface area (Å²) in [6, 6.07) is 3.76. The van der Waals surface area contributed by atoms with Crippen LogP contribution in [0, 0.1) is 0 Å². The molecule has 0 radical (unpaired) electrons. The highest BCUT2D eigenvalue weighted by atomic mass is 16.2. The van der Waals surface area contributed by atoms with E-state index < -0.39 is 0 Å². The van der Waals surface area contributed by atoms with Crippen molar-refractivity contribution in [3.8, 4) is 0 Å². The van der Waals surface area contributed by atoms with Crippen molar-refractivity contribution in [1.29, 1.82) is 0 Å². The topological polar surface area (TPSA) is 60.0 Å². The molecule has 94 valence electrons. The van der Waals surface area contributed by atoms with Gasteiger partial charge in [0.1, 0.15) is 5.69 Å². The van der Waals surface area contributed by atoms with E-state index in [0.29, 0.717) is 6.54 Å². The van der Waals surface area contributed by atoms with E-state index in [2.05, 4.69) is 5.32 Å². The first-order valence-electron chi connectivity index (χ1n) is 6.38. The number of carbonyl (C=O) groups excluding carboxylic acids is 1. The number of amides is 1. The minimum atomic E-state index is -0.167. The molecule has 4 heteroatoms. The summed E-state index contributed by atoms with van der Waals surface area (Å²) in [4.78, 5) is 12.2. The lowest BCUT2D eigenvalue weighted by molar-refractivity contribution is 0.0893. The smallest absolute Gasteiger partial charge is 0.268 e. The lowest BCUT2D eigenvalue weighted by atomic mass is 9.97. The van der Waals surface area contributed by atoms with Crippen LogP contribution in [0.2, 0.25) is 0 Å². The molecule has 0 saturated heterocycles. The number of aryl methyl sites for hydroxylation is 1. The van der Waals surface area contributed by atoms with E-state index in [4.69, 9.17) is 5.73 Å². The van der Waals surface area contributed by atoms with Gasteiger partial charge in [-0.3, -0.25) is 4.79 Å². The first-order valence-corrected chi connectivity index (χ1v) is 6.38. The predicted molar refractivity (Wildman–Crippen MR) is 67.8 cm³/mol. The van der Waals surface area contributed by atoms with E-state index in [1.54, 1.807) is 0 Å².